The first-order chi connectivity index (χ1) is 10.7. The summed E-state index contributed by atoms with van der Waals surface area (Å²) < 4.78 is 38.4. The van der Waals surface area contributed by atoms with Gasteiger partial charge in [0.2, 0.25) is 5.82 Å². The summed E-state index contributed by atoms with van der Waals surface area (Å²) in [5.74, 6) is -0.250. The van der Waals surface area contributed by atoms with Gasteiger partial charge in [-0.15, -0.1) is 0 Å². The van der Waals surface area contributed by atoms with Crippen LogP contribution in [-0.2, 0) is 6.54 Å². The molecule has 23 heavy (non-hydrogen) atoms. The fourth-order valence-electron chi connectivity index (χ4n) is 2.43. The van der Waals surface area contributed by atoms with E-state index in [1.807, 2.05) is 0 Å². The topological polar surface area (TPSA) is 105 Å². The van der Waals surface area contributed by atoms with Gasteiger partial charge in [0, 0.05) is 26.2 Å². The molecule has 2 heterocycles. The van der Waals surface area contributed by atoms with Gasteiger partial charge < -0.3 is 14.9 Å². The molecule has 0 spiro atoms. The summed E-state index contributed by atoms with van der Waals surface area (Å²) >= 11 is 0. The molecule has 0 unspecified atom stereocenters. The Kier molecular flexibility index (Phi) is 4.61. The van der Waals surface area contributed by atoms with Crippen molar-refractivity contribution in [3.63, 3.8) is 0 Å². The molecule has 1 aliphatic rings. The second-order valence-electron chi connectivity index (χ2n) is 4.99. The first-order valence-corrected chi connectivity index (χ1v) is 6.69. The van der Waals surface area contributed by atoms with Gasteiger partial charge >= 0.3 is 18.0 Å². The monoisotopic (exact) mass is 337 g/mol. The van der Waals surface area contributed by atoms with Gasteiger partial charge in [0.1, 0.15) is 12.7 Å². The standard InChI is InChI=1S/C11H14F3N5O4/c12-11(13,14)7-18-9(8(6-15-18)19(22)23)16-2-1-3-17(5-4-16)10(20)21/h6H,1-5,7H2,(H,20,21). The lowest BCUT2D eigenvalue weighted by molar-refractivity contribution is -0.384. The zero-order valence-corrected chi connectivity index (χ0v) is 11.9. The minimum atomic E-state index is -4.58. The molecule has 1 aromatic heterocycles. The highest BCUT2D eigenvalue weighted by Crippen LogP contribution is 2.31. The zero-order chi connectivity index (χ0) is 17.2. The predicted octanol–water partition coefficient (Wildman–Crippen LogP) is 1.54. The number of amides is 1. The van der Waals surface area contributed by atoms with Crippen molar-refractivity contribution in [3.8, 4) is 0 Å². The fourth-order valence-corrected chi connectivity index (χ4v) is 2.43. The molecule has 0 saturated carbocycles. The number of nitrogens with zero attached hydrogens (tertiary/aromatic N) is 5. The quantitative estimate of drug-likeness (QED) is 0.663. The minimum absolute atomic E-state index is 0.0453. The van der Waals surface area contributed by atoms with Gasteiger partial charge in [0.25, 0.3) is 0 Å². The van der Waals surface area contributed by atoms with Gasteiger partial charge in [0.15, 0.2) is 0 Å². The minimum Gasteiger partial charge on any atom is -0.465 e. The number of alkyl halides is 3. The number of halogens is 3. The summed E-state index contributed by atoms with van der Waals surface area (Å²) in [7, 11) is 0. The third-order valence-corrected chi connectivity index (χ3v) is 3.38. The van der Waals surface area contributed by atoms with Crippen molar-refractivity contribution in [2.45, 2.75) is 19.1 Å². The van der Waals surface area contributed by atoms with E-state index in [4.69, 9.17) is 5.11 Å². The predicted molar refractivity (Wildman–Crippen MR) is 71.4 cm³/mol. The van der Waals surface area contributed by atoms with E-state index in [2.05, 4.69) is 5.10 Å². The summed E-state index contributed by atoms with van der Waals surface area (Å²) in [5, 5.41) is 23.5. The van der Waals surface area contributed by atoms with E-state index in [0.29, 0.717) is 11.1 Å². The summed E-state index contributed by atoms with van der Waals surface area (Å²) in [6, 6.07) is 0. The second kappa shape index (κ2) is 6.30. The summed E-state index contributed by atoms with van der Waals surface area (Å²) in [6.07, 6.45) is -4.58. The van der Waals surface area contributed by atoms with E-state index in [-0.39, 0.29) is 32.0 Å². The van der Waals surface area contributed by atoms with Gasteiger partial charge in [-0.3, -0.25) is 10.1 Å². The second-order valence-corrected chi connectivity index (χ2v) is 4.99. The smallest absolute Gasteiger partial charge is 0.408 e. The maximum Gasteiger partial charge on any atom is 0.408 e. The summed E-state index contributed by atoms with van der Waals surface area (Å²) in [4.78, 5) is 23.7. The Morgan fingerprint density at radius 2 is 2.04 bits per heavy atom. The fraction of sp³-hybridized carbons (Fsp3) is 0.636. The van der Waals surface area contributed by atoms with E-state index >= 15 is 0 Å². The van der Waals surface area contributed by atoms with E-state index in [0.717, 1.165) is 11.1 Å². The molecular formula is C11H14F3N5O4. The number of nitro groups is 1. The first-order valence-electron chi connectivity index (χ1n) is 6.69. The number of hydrogen-bond acceptors (Lipinski definition) is 5. The van der Waals surface area contributed by atoms with Crippen LogP contribution in [0, 0.1) is 10.1 Å². The number of anilines is 1. The molecule has 9 nitrogen and oxygen atoms in total. The lowest BCUT2D eigenvalue weighted by Crippen LogP contribution is -2.35. The van der Waals surface area contributed by atoms with Gasteiger partial charge in [-0.25, -0.2) is 9.48 Å². The molecule has 1 aliphatic heterocycles. The Hall–Kier alpha value is -2.53. The average molecular weight is 337 g/mol. The Bertz CT molecular complexity index is 603. The highest BCUT2D eigenvalue weighted by Gasteiger charge is 2.35. The normalized spacial score (nSPS) is 16.3. The maximum absolute atomic E-state index is 12.6. The van der Waals surface area contributed by atoms with Crippen LogP contribution in [0.25, 0.3) is 0 Å². The highest BCUT2D eigenvalue weighted by atomic mass is 19.4. The molecule has 12 heteroatoms. The molecule has 128 valence electrons. The lowest BCUT2D eigenvalue weighted by atomic mass is 10.3. The lowest BCUT2D eigenvalue weighted by Gasteiger charge is -2.23. The van der Waals surface area contributed by atoms with Crippen molar-refractivity contribution in [2.75, 3.05) is 31.1 Å². The SMILES string of the molecule is O=C(O)N1CCCN(c2c([N+](=O)[O-])cnn2CC(F)(F)F)CC1. The first kappa shape index (κ1) is 16.8. The van der Waals surface area contributed by atoms with E-state index in [1.54, 1.807) is 0 Å². The van der Waals surface area contributed by atoms with Crippen molar-refractivity contribution in [2.24, 2.45) is 0 Å². The summed E-state index contributed by atoms with van der Waals surface area (Å²) in [6.45, 7) is -0.934. The Morgan fingerprint density at radius 3 is 2.61 bits per heavy atom. The van der Waals surface area contributed by atoms with Crippen LogP contribution in [0.15, 0.2) is 6.20 Å². The van der Waals surface area contributed by atoms with Crippen LogP contribution in [0.2, 0.25) is 0 Å². The van der Waals surface area contributed by atoms with Crippen LogP contribution in [0.1, 0.15) is 6.42 Å². The van der Waals surface area contributed by atoms with Crippen molar-refractivity contribution in [1.82, 2.24) is 14.7 Å². The molecule has 0 aliphatic carbocycles. The van der Waals surface area contributed by atoms with Crippen LogP contribution in [0.4, 0.5) is 29.5 Å². The third-order valence-electron chi connectivity index (χ3n) is 3.38. The number of carbonyl (C=O) groups is 1. The number of carboxylic acid groups (broad SMARTS) is 1. The van der Waals surface area contributed by atoms with Gasteiger partial charge in [-0.05, 0) is 6.42 Å². The van der Waals surface area contributed by atoms with E-state index in [9.17, 15) is 28.1 Å². The number of hydrogen-bond donors (Lipinski definition) is 1. The van der Waals surface area contributed by atoms with Gasteiger partial charge in [0.05, 0.1) is 4.92 Å². The number of rotatable bonds is 3. The summed E-state index contributed by atoms with van der Waals surface area (Å²) in [5.41, 5.74) is -0.530. The molecule has 0 aromatic carbocycles. The average Bonchev–Trinajstić information content (AvgIpc) is 2.67. The molecule has 0 atom stereocenters. The molecule has 1 aromatic rings. The van der Waals surface area contributed by atoms with Crippen LogP contribution in [0.3, 0.4) is 0 Å². The van der Waals surface area contributed by atoms with Gasteiger partial charge in [-0.2, -0.15) is 18.3 Å². The third kappa shape index (κ3) is 4.02. The molecule has 0 radical (unpaired) electrons. The zero-order valence-electron chi connectivity index (χ0n) is 11.9. The van der Waals surface area contributed by atoms with Gasteiger partial charge in [-0.1, -0.05) is 0 Å². The van der Waals surface area contributed by atoms with Crippen LogP contribution in [-0.4, -0.2) is 63.2 Å². The molecule has 1 N–H and O–H groups in total. The number of aromatic nitrogens is 2. The highest BCUT2D eigenvalue weighted by molar-refractivity contribution is 5.65. The van der Waals surface area contributed by atoms with Crippen LogP contribution in [0.5, 0.6) is 0 Å². The van der Waals surface area contributed by atoms with Crippen molar-refractivity contribution < 1.29 is 28.0 Å². The molecule has 2 rings (SSSR count). The molecule has 1 fully saturated rings. The maximum atomic E-state index is 12.6. The van der Waals surface area contributed by atoms with Crippen LogP contribution < -0.4 is 4.90 Å². The van der Waals surface area contributed by atoms with Crippen LogP contribution >= 0.6 is 0 Å². The van der Waals surface area contributed by atoms with E-state index < -0.39 is 29.4 Å². The van der Waals surface area contributed by atoms with Crippen molar-refractivity contribution in [3.05, 3.63) is 16.3 Å². The largest absolute Gasteiger partial charge is 0.465 e. The van der Waals surface area contributed by atoms with Crippen molar-refractivity contribution in [1.29, 1.82) is 0 Å². The Morgan fingerprint density at radius 1 is 1.35 bits per heavy atom. The molecular weight excluding hydrogens is 323 g/mol. The van der Waals surface area contributed by atoms with E-state index in [1.165, 1.54) is 4.90 Å². The molecule has 1 saturated heterocycles. The molecule has 1 amide bonds. The van der Waals surface area contributed by atoms with Crippen molar-refractivity contribution >= 4 is 17.6 Å². The Labute approximate surface area is 128 Å². The molecule has 0 bridgehead atoms. The Balaban J connectivity index is 2.30.